The molecule has 0 amide bonds. The van der Waals surface area contributed by atoms with E-state index < -0.39 is 33.4 Å². The number of alkyl halides is 9. The van der Waals surface area contributed by atoms with Crippen LogP contribution in [0.3, 0.4) is 0 Å². The van der Waals surface area contributed by atoms with Gasteiger partial charge in [-0.1, -0.05) is 0 Å². The van der Waals surface area contributed by atoms with E-state index in [9.17, 15) is 47.9 Å². The maximum atomic E-state index is 12.2. The molecule has 0 aromatic heterocycles. The first-order valence-corrected chi connectivity index (χ1v) is 4.61. The van der Waals surface area contributed by atoms with Gasteiger partial charge in [0.15, 0.2) is 0 Å². The van der Waals surface area contributed by atoms with Crippen LogP contribution in [0.25, 0.3) is 0 Å². The maximum absolute atomic E-state index is 12.2. The topological polar surface area (TPSA) is 54.4 Å². The molecular formula is C4HF9LiO3S. The van der Waals surface area contributed by atoms with E-state index >= 15 is 0 Å². The van der Waals surface area contributed by atoms with Crippen LogP contribution in [0.15, 0.2) is 0 Å². The van der Waals surface area contributed by atoms with Crippen molar-refractivity contribution in [3.63, 3.8) is 0 Å². The molecule has 0 saturated carbocycles. The molecule has 0 aliphatic heterocycles. The summed E-state index contributed by atoms with van der Waals surface area (Å²) in [4.78, 5) is 0. The van der Waals surface area contributed by atoms with Gasteiger partial charge in [0.05, 0.1) is 0 Å². The zero-order valence-corrected chi connectivity index (χ0v) is 8.89. The average molecular weight is 307 g/mol. The van der Waals surface area contributed by atoms with Crippen molar-refractivity contribution in [3.8, 4) is 0 Å². The predicted octanol–water partition coefficient (Wildman–Crippen LogP) is 1.92. The predicted molar refractivity (Wildman–Crippen MR) is 38.2 cm³/mol. The van der Waals surface area contributed by atoms with Gasteiger partial charge in [0.25, 0.3) is 0 Å². The molecule has 0 aromatic carbocycles. The van der Waals surface area contributed by atoms with E-state index in [0.717, 1.165) is 0 Å². The van der Waals surface area contributed by atoms with Crippen molar-refractivity contribution in [2.75, 3.05) is 0 Å². The standard InChI is InChI=1S/C4HF9O3S.Li/c5-1(6,3(9,10)11)2(7,8)4(12,13)17(14,15)16;/h(H,14,15,16);. The van der Waals surface area contributed by atoms with Gasteiger partial charge in [-0.05, 0) is 0 Å². The molecule has 0 rings (SSSR count). The third-order valence-electron chi connectivity index (χ3n) is 1.44. The molecule has 0 saturated heterocycles. The van der Waals surface area contributed by atoms with Crippen LogP contribution in [0.4, 0.5) is 39.5 Å². The van der Waals surface area contributed by atoms with Crippen LogP contribution in [0.1, 0.15) is 0 Å². The normalized spacial score (nSPS) is 15.2. The minimum absolute atomic E-state index is 0. The number of hydrogen-bond donors (Lipinski definition) is 1. The summed E-state index contributed by atoms with van der Waals surface area (Å²) < 4.78 is 134. The molecule has 3 nitrogen and oxygen atoms in total. The van der Waals surface area contributed by atoms with Gasteiger partial charge < -0.3 is 0 Å². The van der Waals surface area contributed by atoms with E-state index in [4.69, 9.17) is 4.55 Å². The Balaban J connectivity index is 0. The Morgan fingerprint density at radius 1 is 0.722 bits per heavy atom. The quantitative estimate of drug-likeness (QED) is 0.492. The number of hydrogen-bond acceptors (Lipinski definition) is 2. The summed E-state index contributed by atoms with van der Waals surface area (Å²) in [6.07, 6.45) is -7.13. The van der Waals surface area contributed by atoms with Crippen molar-refractivity contribution in [2.45, 2.75) is 23.3 Å². The summed E-state index contributed by atoms with van der Waals surface area (Å²) >= 11 is 0. The van der Waals surface area contributed by atoms with Gasteiger partial charge in [-0.2, -0.15) is 47.9 Å². The van der Waals surface area contributed by atoms with Crippen LogP contribution < -0.4 is 0 Å². The van der Waals surface area contributed by atoms with E-state index in [1.807, 2.05) is 0 Å². The van der Waals surface area contributed by atoms with Crippen molar-refractivity contribution in [3.05, 3.63) is 0 Å². The van der Waals surface area contributed by atoms with E-state index in [1.165, 1.54) is 0 Å². The second-order valence-corrected chi connectivity index (χ2v) is 4.10. The Bertz CT molecular complexity index is 399. The smallest absolute Gasteiger partial charge is 0.281 e. The first kappa shape index (κ1) is 20.2. The van der Waals surface area contributed by atoms with E-state index in [1.54, 1.807) is 0 Å². The number of halogens is 9. The monoisotopic (exact) mass is 307 g/mol. The van der Waals surface area contributed by atoms with Crippen LogP contribution in [-0.2, 0) is 10.1 Å². The fraction of sp³-hybridized carbons (Fsp3) is 1.00. The van der Waals surface area contributed by atoms with Gasteiger partial charge >= 0.3 is 33.4 Å². The Kier molecular flexibility index (Phi) is 5.35. The summed E-state index contributed by atoms with van der Waals surface area (Å²) in [6.45, 7) is 0. The zero-order chi connectivity index (χ0) is 14.5. The largest absolute Gasteiger partial charge is 0.460 e. The molecule has 0 spiro atoms. The minimum Gasteiger partial charge on any atom is -0.281 e. The van der Waals surface area contributed by atoms with Crippen LogP contribution in [0.5, 0.6) is 0 Å². The summed E-state index contributed by atoms with van der Waals surface area (Å²) in [7, 11) is -7.17. The second-order valence-electron chi connectivity index (χ2n) is 2.64. The number of rotatable bonds is 3. The molecule has 1 radical (unpaired) electrons. The molecule has 14 heteroatoms. The van der Waals surface area contributed by atoms with Gasteiger partial charge in [0, 0.05) is 18.9 Å². The average Bonchev–Trinajstić information content (AvgIpc) is 1.98. The van der Waals surface area contributed by atoms with Crippen molar-refractivity contribution in [2.24, 2.45) is 0 Å². The maximum Gasteiger partial charge on any atom is 0.460 e. The molecule has 0 atom stereocenters. The van der Waals surface area contributed by atoms with Crippen molar-refractivity contribution in [1.29, 1.82) is 0 Å². The molecule has 0 aliphatic rings. The van der Waals surface area contributed by atoms with E-state index in [2.05, 4.69) is 0 Å². The van der Waals surface area contributed by atoms with Crippen molar-refractivity contribution in [1.82, 2.24) is 0 Å². The van der Waals surface area contributed by atoms with Crippen molar-refractivity contribution < 1.29 is 52.5 Å². The zero-order valence-electron chi connectivity index (χ0n) is 8.07. The Hall–Kier alpha value is -0.123. The molecule has 0 bridgehead atoms. The first-order chi connectivity index (χ1) is 7.00. The Morgan fingerprint density at radius 3 is 1.17 bits per heavy atom. The molecular weight excluding hydrogens is 306 g/mol. The van der Waals surface area contributed by atoms with Crippen molar-refractivity contribution >= 4 is 29.0 Å². The molecule has 0 heterocycles. The molecule has 0 aromatic rings. The first-order valence-electron chi connectivity index (χ1n) is 3.17. The van der Waals surface area contributed by atoms with Crippen LogP contribution in [-0.4, -0.2) is 55.1 Å². The van der Waals surface area contributed by atoms with Crippen LogP contribution in [0.2, 0.25) is 0 Å². The summed E-state index contributed by atoms with van der Waals surface area (Å²) in [5.74, 6) is -14.7. The third kappa shape index (κ3) is 2.73. The van der Waals surface area contributed by atoms with E-state index in [-0.39, 0.29) is 18.9 Å². The fourth-order valence-corrected chi connectivity index (χ4v) is 0.975. The molecule has 0 unspecified atom stereocenters. The molecule has 18 heavy (non-hydrogen) atoms. The summed E-state index contributed by atoms with van der Waals surface area (Å²) in [5, 5.41) is -7.00. The molecule has 0 fully saturated rings. The van der Waals surface area contributed by atoms with Gasteiger partial charge in [0.2, 0.25) is 0 Å². The van der Waals surface area contributed by atoms with Gasteiger partial charge in [-0.15, -0.1) is 0 Å². The molecule has 1 N–H and O–H groups in total. The van der Waals surface area contributed by atoms with Gasteiger partial charge in [-0.3, -0.25) is 4.55 Å². The van der Waals surface area contributed by atoms with E-state index in [0.29, 0.717) is 0 Å². The van der Waals surface area contributed by atoms with Crippen LogP contribution in [0, 0.1) is 0 Å². The fourth-order valence-electron chi connectivity index (χ4n) is 0.523. The molecule has 0 aliphatic carbocycles. The Labute approximate surface area is 105 Å². The third-order valence-corrected chi connectivity index (χ3v) is 2.34. The second kappa shape index (κ2) is 4.77. The van der Waals surface area contributed by atoms with Crippen LogP contribution >= 0.6 is 0 Å². The van der Waals surface area contributed by atoms with Gasteiger partial charge in [-0.25, -0.2) is 0 Å². The minimum atomic E-state index is -7.37. The molecule has 105 valence electrons. The van der Waals surface area contributed by atoms with Gasteiger partial charge in [0.1, 0.15) is 0 Å². The Morgan fingerprint density at radius 2 is 1.00 bits per heavy atom. The summed E-state index contributed by atoms with van der Waals surface area (Å²) in [6, 6.07) is 0. The SMILES string of the molecule is O=S(=O)(O)C(F)(F)C(F)(F)C(F)(F)C(F)(F)F.[Li]. The summed E-state index contributed by atoms with van der Waals surface area (Å²) in [5.41, 5.74) is 0.